The van der Waals surface area contributed by atoms with Gasteiger partial charge >= 0.3 is 6.03 Å². The Balaban J connectivity index is 1.42. The minimum Gasteiger partial charge on any atom is -0.334 e. The summed E-state index contributed by atoms with van der Waals surface area (Å²) >= 11 is 0. The molecule has 0 unspecified atom stereocenters. The second-order valence-electron chi connectivity index (χ2n) is 5.63. The molecule has 23 heavy (non-hydrogen) atoms. The molecule has 0 radical (unpaired) electrons. The van der Waals surface area contributed by atoms with E-state index in [0.717, 1.165) is 38.3 Å². The normalized spacial score (nSPS) is 15.4. The second kappa shape index (κ2) is 7.69. The Bertz CT molecular complexity index is 611. The van der Waals surface area contributed by atoms with Crippen LogP contribution in [0.15, 0.2) is 49.1 Å². The number of carbonyl (C=O) groups is 1. The molecule has 2 amide bonds. The van der Waals surface area contributed by atoms with Crippen molar-refractivity contribution in [2.24, 2.45) is 0 Å². The number of hydrogen-bond acceptors (Lipinski definition) is 4. The van der Waals surface area contributed by atoms with Crippen molar-refractivity contribution in [2.75, 3.05) is 26.2 Å². The zero-order valence-corrected chi connectivity index (χ0v) is 13.1. The van der Waals surface area contributed by atoms with Gasteiger partial charge in [0.15, 0.2) is 0 Å². The molecule has 0 bridgehead atoms. The van der Waals surface area contributed by atoms with E-state index >= 15 is 0 Å². The molecule has 2 aromatic heterocycles. The molecule has 1 N–H and O–H groups in total. The molecule has 1 saturated heterocycles. The highest BCUT2D eigenvalue weighted by molar-refractivity contribution is 5.74. The first kappa shape index (κ1) is 15.4. The van der Waals surface area contributed by atoms with Gasteiger partial charge < -0.3 is 10.2 Å². The summed E-state index contributed by atoms with van der Waals surface area (Å²) in [6, 6.07) is 7.90. The van der Waals surface area contributed by atoms with Crippen LogP contribution in [0.25, 0.3) is 0 Å². The lowest BCUT2D eigenvalue weighted by atomic mass is 10.2. The summed E-state index contributed by atoms with van der Waals surface area (Å²) in [6.45, 7) is 4.75. The van der Waals surface area contributed by atoms with E-state index in [2.05, 4.69) is 20.2 Å². The number of nitrogens with one attached hydrogen (secondary N) is 1. The maximum Gasteiger partial charge on any atom is 0.317 e. The van der Waals surface area contributed by atoms with Crippen molar-refractivity contribution in [3.63, 3.8) is 0 Å². The van der Waals surface area contributed by atoms with Crippen LogP contribution in [-0.4, -0.2) is 52.0 Å². The predicted octanol–water partition coefficient (Wildman–Crippen LogP) is 1.50. The van der Waals surface area contributed by atoms with Crippen molar-refractivity contribution in [3.05, 3.63) is 60.2 Å². The first-order valence-corrected chi connectivity index (χ1v) is 7.84. The number of hydrogen-bond donors (Lipinski definition) is 1. The molecule has 1 aliphatic rings. The molecular formula is C17H21N5O. The van der Waals surface area contributed by atoms with Gasteiger partial charge in [0.05, 0.1) is 0 Å². The molecule has 3 heterocycles. The van der Waals surface area contributed by atoms with Crippen molar-refractivity contribution < 1.29 is 4.79 Å². The van der Waals surface area contributed by atoms with Gasteiger partial charge in [-0.1, -0.05) is 0 Å². The van der Waals surface area contributed by atoms with E-state index in [1.54, 1.807) is 12.4 Å². The van der Waals surface area contributed by atoms with Gasteiger partial charge in [0.2, 0.25) is 0 Å². The van der Waals surface area contributed by atoms with Crippen molar-refractivity contribution >= 4 is 6.03 Å². The van der Waals surface area contributed by atoms with Crippen molar-refractivity contribution in [2.45, 2.75) is 13.1 Å². The number of aromatic nitrogens is 2. The number of carbonyl (C=O) groups excluding carboxylic acids is 1. The lowest BCUT2D eigenvalue weighted by molar-refractivity contribution is 0.135. The smallest absolute Gasteiger partial charge is 0.317 e. The highest BCUT2D eigenvalue weighted by Crippen LogP contribution is 2.08. The SMILES string of the molecule is O=C(NCc1ccncc1)N1CCN(Cc2ccncc2)CC1. The van der Waals surface area contributed by atoms with Crippen LogP contribution in [0.2, 0.25) is 0 Å². The number of piperazine rings is 1. The van der Waals surface area contributed by atoms with Gasteiger partial charge in [-0.05, 0) is 35.4 Å². The van der Waals surface area contributed by atoms with Crippen LogP contribution in [0.4, 0.5) is 4.79 Å². The fraction of sp³-hybridized carbons (Fsp3) is 0.353. The van der Waals surface area contributed by atoms with Crippen LogP contribution >= 0.6 is 0 Å². The molecule has 1 fully saturated rings. The van der Waals surface area contributed by atoms with E-state index < -0.39 is 0 Å². The van der Waals surface area contributed by atoms with Gasteiger partial charge in [-0.2, -0.15) is 0 Å². The monoisotopic (exact) mass is 311 g/mol. The van der Waals surface area contributed by atoms with Crippen molar-refractivity contribution in [1.82, 2.24) is 25.1 Å². The van der Waals surface area contributed by atoms with E-state index in [-0.39, 0.29) is 6.03 Å². The lowest BCUT2D eigenvalue weighted by Crippen LogP contribution is -2.51. The zero-order chi connectivity index (χ0) is 15.9. The van der Waals surface area contributed by atoms with Crippen LogP contribution in [0.1, 0.15) is 11.1 Å². The zero-order valence-electron chi connectivity index (χ0n) is 13.1. The minimum absolute atomic E-state index is 0.00498. The Labute approximate surface area is 136 Å². The maximum absolute atomic E-state index is 12.2. The molecule has 6 nitrogen and oxygen atoms in total. The molecule has 3 rings (SSSR count). The molecule has 0 atom stereocenters. The van der Waals surface area contributed by atoms with Gasteiger partial charge in [-0.25, -0.2) is 4.79 Å². The second-order valence-corrected chi connectivity index (χ2v) is 5.63. The first-order chi connectivity index (χ1) is 11.3. The van der Waals surface area contributed by atoms with E-state index in [1.165, 1.54) is 5.56 Å². The standard InChI is InChI=1S/C17H21N5O/c23-17(20-13-15-1-5-18-6-2-15)22-11-9-21(10-12-22)14-16-3-7-19-8-4-16/h1-8H,9-14H2,(H,20,23). The summed E-state index contributed by atoms with van der Waals surface area (Å²) in [5.41, 5.74) is 2.32. The Morgan fingerprint density at radius 1 is 0.913 bits per heavy atom. The van der Waals surface area contributed by atoms with Gasteiger partial charge in [0.1, 0.15) is 0 Å². The molecule has 1 aliphatic heterocycles. The quantitative estimate of drug-likeness (QED) is 0.929. The van der Waals surface area contributed by atoms with Gasteiger partial charge in [0.25, 0.3) is 0 Å². The summed E-state index contributed by atoms with van der Waals surface area (Å²) in [6.07, 6.45) is 7.11. The fourth-order valence-corrected chi connectivity index (χ4v) is 2.65. The van der Waals surface area contributed by atoms with Crippen LogP contribution in [0, 0.1) is 0 Å². The van der Waals surface area contributed by atoms with Crippen molar-refractivity contribution in [1.29, 1.82) is 0 Å². The minimum atomic E-state index is 0.00498. The third-order valence-electron chi connectivity index (χ3n) is 4.01. The van der Waals surface area contributed by atoms with E-state index in [4.69, 9.17) is 0 Å². The number of amides is 2. The molecule has 120 valence electrons. The number of pyridine rings is 2. The van der Waals surface area contributed by atoms with Gasteiger partial charge in [-0.3, -0.25) is 14.9 Å². The summed E-state index contributed by atoms with van der Waals surface area (Å²) in [5.74, 6) is 0. The molecule has 0 aromatic carbocycles. The lowest BCUT2D eigenvalue weighted by Gasteiger charge is -2.34. The maximum atomic E-state index is 12.2. The van der Waals surface area contributed by atoms with E-state index in [0.29, 0.717) is 6.54 Å². The van der Waals surface area contributed by atoms with Crippen molar-refractivity contribution in [3.8, 4) is 0 Å². The summed E-state index contributed by atoms with van der Waals surface area (Å²) < 4.78 is 0. The average molecular weight is 311 g/mol. The van der Waals surface area contributed by atoms with Crippen LogP contribution in [-0.2, 0) is 13.1 Å². The molecule has 0 saturated carbocycles. The number of nitrogens with zero attached hydrogens (tertiary/aromatic N) is 4. The highest BCUT2D eigenvalue weighted by Gasteiger charge is 2.20. The molecular weight excluding hydrogens is 290 g/mol. The number of rotatable bonds is 4. The predicted molar refractivity (Wildman–Crippen MR) is 87.6 cm³/mol. The fourth-order valence-electron chi connectivity index (χ4n) is 2.65. The third kappa shape index (κ3) is 4.50. The van der Waals surface area contributed by atoms with Gasteiger partial charge in [-0.15, -0.1) is 0 Å². The molecule has 6 heteroatoms. The van der Waals surface area contributed by atoms with Crippen LogP contribution in [0.3, 0.4) is 0 Å². The Kier molecular flexibility index (Phi) is 5.16. The highest BCUT2D eigenvalue weighted by atomic mass is 16.2. The average Bonchev–Trinajstić information content (AvgIpc) is 2.62. The largest absolute Gasteiger partial charge is 0.334 e. The first-order valence-electron chi connectivity index (χ1n) is 7.84. The van der Waals surface area contributed by atoms with E-state index in [9.17, 15) is 4.79 Å². The molecule has 0 aliphatic carbocycles. The Morgan fingerprint density at radius 3 is 2.09 bits per heavy atom. The Morgan fingerprint density at radius 2 is 1.48 bits per heavy atom. The molecule has 2 aromatic rings. The summed E-state index contributed by atoms with van der Waals surface area (Å²) in [4.78, 5) is 24.5. The van der Waals surface area contributed by atoms with Gasteiger partial charge in [0, 0.05) is 64.1 Å². The molecule has 0 spiro atoms. The van der Waals surface area contributed by atoms with Crippen LogP contribution in [0.5, 0.6) is 0 Å². The topological polar surface area (TPSA) is 61.4 Å². The number of urea groups is 1. The summed E-state index contributed by atoms with van der Waals surface area (Å²) in [5, 5.41) is 2.97. The summed E-state index contributed by atoms with van der Waals surface area (Å²) in [7, 11) is 0. The Hall–Kier alpha value is -2.47. The third-order valence-corrected chi connectivity index (χ3v) is 4.01. The van der Waals surface area contributed by atoms with Crippen LogP contribution < -0.4 is 5.32 Å². The van der Waals surface area contributed by atoms with E-state index in [1.807, 2.05) is 41.6 Å².